The van der Waals surface area contributed by atoms with Gasteiger partial charge in [0.2, 0.25) is 5.91 Å². The largest absolute Gasteiger partial charge is 0.494 e. The van der Waals surface area contributed by atoms with E-state index in [4.69, 9.17) is 16.3 Å². The van der Waals surface area contributed by atoms with E-state index in [9.17, 15) is 4.79 Å². The zero-order chi connectivity index (χ0) is 15.9. The summed E-state index contributed by atoms with van der Waals surface area (Å²) in [4.78, 5) is 11.9. The lowest BCUT2D eigenvalue weighted by Crippen LogP contribution is -2.13. The molecule has 0 saturated carbocycles. The zero-order valence-corrected chi connectivity index (χ0v) is 14.6. The zero-order valence-electron chi connectivity index (χ0n) is 12.2. The molecule has 0 radical (unpaired) electrons. The highest BCUT2D eigenvalue weighted by Crippen LogP contribution is 2.25. The van der Waals surface area contributed by atoms with E-state index < -0.39 is 0 Å². The van der Waals surface area contributed by atoms with Crippen LogP contribution < -0.4 is 10.1 Å². The molecule has 2 aromatic carbocycles. The number of rotatable bonds is 6. The predicted octanol–water partition coefficient (Wildman–Crippen LogP) is 5.21. The molecule has 1 N–H and O–H groups in total. The van der Waals surface area contributed by atoms with Crippen molar-refractivity contribution in [1.82, 2.24) is 0 Å². The third-order valence-corrected chi connectivity index (χ3v) is 3.85. The molecule has 0 aliphatic carbocycles. The average molecular weight is 383 g/mol. The van der Waals surface area contributed by atoms with Crippen LogP contribution in [0, 0.1) is 6.92 Å². The van der Waals surface area contributed by atoms with Crippen molar-refractivity contribution in [2.75, 3.05) is 11.9 Å². The lowest BCUT2D eigenvalue weighted by atomic mass is 10.2. The highest BCUT2D eigenvalue weighted by atomic mass is 79.9. The Morgan fingerprint density at radius 1 is 1.23 bits per heavy atom. The molecule has 0 fully saturated rings. The Morgan fingerprint density at radius 3 is 2.64 bits per heavy atom. The topological polar surface area (TPSA) is 38.3 Å². The molecular weight excluding hydrogens is 366 g/mol. The van der Waals surface area contributed by atoms with Gasteiger partial charge in [0.05, 0.1) is 17.3 Å². The molecule has 116 valence electrons. The fourth-order valence-electron chi connectivity index (χ4n) is 1.86. The minimum Gasteiger partial charge on any atom is -0.494 e. The summed E-state index contributed by atoms with van der Waals surface area (Å²) in [6.45, 7) is 2.53. The molecule has 2 rings (SSSR count). The van der Waals surface area contributed by atoms with Gasteiger partial charge in [-0.25, -0.2) is 0 Å². The van der Waals surface area contributed by atoms with Gasteiger partial charge in [0.25, 0.3) is 0 Å². The van der Waals surface area contributed by atoms with Gasteiger partial charge in [-0.05, 0) is 43.7 Å². The number of aryl methyl sites for hydroxylation is 1. The summed E-state index contributed by atoms with van der Waals surface area (Å²) < 4.78 is 6.47. The first-order valence-corrected chi connectivity index (χ1v) is 8.16. The number of hydrogen-bond acceptors (Lipinski definition) is 2. The summed E-state index contributed by atoms with van der Waals surface area (Å²) in [5.74, 6) is 0.749. The van der Waals surface area contributed by atoms with Crippen LogP contribution in [-0.2, 0) is 4.79 Å². The Hall–Kier alpha value is -1.52. The fourth-order valence-corrected chi connectivity index (χ4v) is 2.58. The number of hydrogen-bond donors (Lipinski definition) is 1. The first-order chi connectivity index (χ1) is 10.5. The molecule has 0 saturated heterocycles. The number of benzene rings is 2. The van der Waals surface area contributed by atoms with E-state index in [0.717, 1.165) is 10.2 Å². The van der Waals surface area contributed by atoms with Gasteiger partial charge in [0.1, 0.15) is 5.75 Å². The van der Waals surface area contributed by atoms with Gasteiger partial charge >= 0.3 is 0 Å². The van der Waals surface area contributed by atoms with Crippen LogP contribution in [0.3, 0.4) is 0 Å². The Kier molecular flexibility index (Phi) is 6.28. The van der Waals surface area contributed by atoms with Crippen molar-refractivity contribution in [2.45, 2.75) is 19.8 Å². The normalized spacial score (nSPS) is 10.3. The van der Waals surface area contributed by atoms with Gasteiger partial charge in [0, 0.05) is 10.9 Å². The second-order valence-electron chi connectivity index (χ2n) is 4.94. The Balaban J connectivity index is 1.72. The number of carbonyl (C=O) groups is 1. The SMILES string of the molecule is Cc1ccc(OCCCC(=O)Nc2ccc(Br)cc2Cl)cc1. The van der Waals surface area contributed by atoms with E-state index in [1.165, 1.54) is 5.56 Å². The Morgan fingerprint density at radius 2 is 1.95 bits per heavy atom. The predicted molar refractivity (Wildman–Crippen MR) is 93.7 cm³/mol. The molecule has 0 unspecified atom stereocenters. The molecule has 0 spiro atoms. The lowest BCUT2D eigenvalue weighted by Gasteiger charge is -2.08. The van der Waals surface area contributed by atoms with Gasteiger partial charge in [-0.1, -0.05) is 45.2 Å². The van der Waals surface area contributed by atoms with Crippen LogP contribution in [0.1, 0.15) is 18.4 Å². The Labute approximate surface area is 143 Å². The van der Waals surface area contributed by atoms with E-state index >= 15 is 0 Å². The van der Waals surface area contributed by atoms with Crippen molar-refractivity contribution >= 4 is 39.1 Å². The summed E-state index contributed by atoms with van der Waals surface area (Å²) in [5, 5.41) is 3.31. The van der Waals surface area contributed by atoms with Gasteiger partial charge in [-0.3, -0.25) is 4.79 Å². The fraction of sp³-hybridized carbons (Fsp3) is 0.235. The molecule has 0 aliphatic heterocycles. The second kappa shape index (κ2) is 8.20. The first-order valence-electron chi connectivity index (χ1n) is 6.99. The van der Waals surface area contributed by atoms with Gasteiger partial charge in [-0.15, -0.1) is 0 Å². The molecule has 0 atom stereocenters. The summed E-state index contributed by atoms with van der Waals surface area (Å²) in [6.07, 6.45) is 1.03. The average Bonchev–Trinajstić information content (AvgIpc) is 2.48. The number of halogens is 2. The quantitative estimate of drug-likeness (QED) is 0.697. The number of anilines is 1. The third kappa shape index (κ3) is 5.35. The van der Waals surface area contributed by atoms with Crippen molar-refractivity contribution < 1.29 is 9.53 Å². The molecule has 3 nitrogen and oxygen atoms in total. The molecule has 5 heteroatoms. The number of amides is 1. The maximum absolute atomic E-state index is 11.9. The van der Waals surface area contributed by atoms with Crippen LogP contribution in [0.2, 0.25) is 5.02 Å². The number of ether oxygens (including phenoxy) is 1. The minimum atomic E-state index is -0.0725. The van der Waals surface area contributed by atoms with Crippen LogP contribution in [-0.4, -0.2) is 12.5 Å². The summed E-state index contributed by atoms with van der Waals surface area (Å²) in [6, 6.07) is 13.2. The maximum Gasteiger partial charge on any atom is 0.224 e. The van der Waals surface area contributed by atoms with E-state index in [1.54, 1.807) is 12.1 Å². The van der Waals surface area contributed by atoms with Crippen molar-refractivity contribution in [3.8, 4) is 5.75 Å². The standard InChI is InChI=1S/C17H17BrClNO2/c1-12-4-7-14(8-5-12)22-10-2-3-17(21)20-16-9-6-13(18)11-15(16)19/h4-9,11H,2-3,10H2,1H3,(H,20,21). The van der Waals surface area contributed by atoms with Gasteiger partial charge in [-0.2, -0.15) is 0 Å². The highest BCUT2D eigenvalue weighted by Gasteiger charge is 2.06. The van der Waals surface area contributed by atoms with Crippen molar-refractivity contribution in [3.05, 3.63) is 57.5 Å². The van der Waals surface area contributed by atoms with E-state index in [-0.39, 0.29) is 5.91 Å². The summed E-state index contributed by atoms with van der Waals surface area (Å²) in [7, 11) is 0. The molecule has 0 aromatic heterocycles. The van der Waals surface area contributed by atoms with Crippen LogP contribution in [0.5, 0.6) is 5.75 Å². The molecule has 2 aromatic rings. The molecule has 0 heterocycles. The molecule has 0 bridgehead atoms. The van der Waals surface area contributed by atoms with Gasteiger partial charge in [0.15, 0.2) is 0 Å². The number of carbonyl (C=O) groups excluding carboxylic acids is 1. The van der Waals surface area contributed by atoms with Crippen LogP contribution >= 0.6 is 27.5 Å². The van der Waals surface area contributed by atoms with Crippen molar-refractivity contribution in [2.24, 2.45) is 0 Å². The molecular formula is C17H17BrClNO2. The lowest BCUT2D eigenvalue weighted by molar-refractivity contribution is -0.116. The first kappa shape index (κ1) is 16.8. The molecule has 0 aliphatic rings. The van der Waals surface area contributed by atoms with E-state index in [0.29, 0.717) is 30.2 Å². The third-order valence-electron chi connectivity index (χ3n) is 3.04. The van der Waals surface area contributed by atoms with Crippen molar-refractivity contribution in [1.29, 1.82) is 0 Å². The molecule has 22 heavy (non-hydrogen) atoms. The smallest absolute Gasteiger partial charge is 0.224 e. The summed E-state index contributed by atoms with van der Waals surface area (Å²) in [5.41, 5.74) is 1.81. The van der Waals surface area contributed by atoms with Crippen LogP contribution in [0.15, 0.2) is 46.9 Å². The highest BCUT2D eigenvalue weighted by molar-refractivity contribution is 9.10. The monoisotopic (exact) mass is 381 g/mol. The van der Waals surface area contributed by atoms with Crippen LogP contribution in [0.25, 0.3) is 0 Å². The van der Waals surface area contributed by atoms with E-state index in [1.807, 2.05) is 37.3 Å². The van der Waals surface area contributed by atoms with Crippen molar-refractivity contribution in [3.63, 3.8) is 0 Å². The number of nitrogens with one attached hydrogen (secondary N) is 1. The van der Waals surface area contributed by atoms with Crippen LogP contribution in [0.4, 0.5) is 5.69 Å². The van der Waals surface area contributed by atoms with E-state index in [2.05, 4.69) is 21.2 Å². The maximum atomic E-state index is 11.9. The molecule has 1 amide bonds. The summed E-state index contributed by atoms with van der Waals surface area (Å²) >= 11 is 9.38. The minimum absolute atomic E-state index is 0.0725. The van der Waals surface area contributed by atoms with Gasteiger partial charge < -0.3 is 10.1 Å². The second-order valence-corrected chi connectivity index (χ2v) is 6.26. The Bertz CT molecular complexity index is 644.